The van der Waals surface area contributed by atoms with Crippen molar-refractivity contribution in [1.29, 1.82) is 0 Å². The van der Waals surface area contributed by atoms with Crippen LogP contribution in [0.1, 0.15) is 39.5 Å². The number of rotatable bonds is 7. The number of amides is 3. The molecule has 3 rings (SSSR count). The molecule has 1 aromatic rings. The highest BCUT2D eigenvalue weighted by atomic mass is 16.5. The molecule has 2 aliphatic heterocycles. The van der Waals surface area contributed by atoms with E-state index in [-0.39, 0.29) is 24.3 Å². The van der Waals surface area contributed by atoms with E-state index in [1.807, 2.05) is 38.1 Å². The van der Waals surface area contributed by atoms with Gasteiger partial charge in [-0.15, -0.1) is 0 Å². The van der Waals surface area contributed by atoms with Crippen LogP contribution in [0, 0.1) is 0 Å². The molecule has 0 aromatic heterocycles. The molecule has 8 heteroatoms. The highest BCUT2D eigenvalue weighted by Gasteiger charge is 2.34. The molecule has 1 atom stereocenters. The number of likely N-dealkylation sites (N-methyl/N-ethyl adjacent to an activating group) is 1. The minimum atomic E-state index is -0.457. The highest BCUT2D eigenvalue weighted by molar-refractivity contribution is 5.96. The lowest BCUT2D eigenvalue weighted by Crippen LogP contribution is -2.54. The smallest absolute Gasteiger partial charge is 0.245 e. The van der Waals surface area contributed by atoms with Crippen molar-refractivity contribution in [3.8, 4) is 0 Å². The average molecular weight is 431 g/mol. The summed E-state index contributed by atoms with van der Waals surface area (Å²) in [7, 11) is 0. The fourth-order valence-electron chi connectivity index (χ4n) is 4.20. The Balaban J connectivity index is 1.57. The third-order valence-corrected chi connectivity index (χ3v) is 5.97. The molecule has 3 amide bonds. The summed E-state index contributed by atoms with van der Waals surface area (Å²) in [6.45, 7) is 7.85. The quantitative estimate of drug-likeness (QED) is 0.716. The van der Waals surface area contributed by atoms with Crippen LogP contribution in [-0.2, 0) is 19.1 Å². The molecule has 2 aliphatic rings. The minimum Gasteiger partial charge on any atom is -0.378 e. The van der Waals surface area contributed by atoms with Gasteiger partial charge in [-0.25, -0.2) is 0 Å². The van der Waals surface area contributed by atoms with E-state index in [1.54, 1.807) is 9.80 Å². The van der Waals surface area contributed by atoms with Crippen molar-refractivity contribution in [3.63, 3.8) is 0 Å². The van der Waals surface area contributed by atoms with E-state index < -0.39 is 6.04 Å². The molecule has 1 aromatic carbocycles. The Hall–Kier alpha value is -2.61. The summed E-state index contributed by atoms with van der Waals surface area (Å²) >= 11 is 0. The van der Waals surface area contributed by atoms with E-state index >= 15 is 0 Å². The number of anilines is 2. The van der Waals surface area contributed by atoms with Gasteiger partial charge in [0.05, 0.1) is 19.8 Å². The van der Waals surface area contributed by atoms with Crippen molar-refractivity contribution >= 4 is 29.1 Å². The first kappa shape index (κ1) is 23.1. The van der Waals surface area contributed by atoms with E-state index in [2.05, 4.69) is 10.2 Å². The summed E-state index contributed by atoms with van der Waals surface area (Å²) in [5.74, 6) is -0.376. The molecule has 0 aliphatic carbocycles. The number of nitrogens with one attached hydrogen (secondary N) is 1. The lowest BCUT2D eigenvalue weighted by atomic mass is 10.00. The largest absolute Gasteiger partial charge is 0.378 e. The van der Waals surface area contributed by atoms with Crippen LogP contribution >= 0.6 is 0 Å². The summed E-state index contributed by atoms with van der Waals surface area (Å²) in [5.41, 5.74) is 1.80. The molecule has 8 nitrogen and oxygen atoms in total. The molecular weight excluding hydrogens is 396 g/mol. The Bertz CT molecular complexity index is 761. The van der Waals surface area contributed by atoms with Gasteiger partial charge in [-0.3, -0.25) is 14.4 Å². The second kappa shape index (κ2) is 11.1. The summed E-state index contributed by atoms with van der Waals surface area (Å²) in [4.78, 5) is 43.5. The number of carbonyl (C=O) groups is 3. The van der Waals surface area contributed by atoms with Crippen molar-refractivity contribution in [2.24, 2.45) is 0 Å². The van der Waals surface area contributed by atoms with Crippen LogP contribution in [0.25, 0.3) is 0 Å². The van der Waals surface area contributed by atoms with Gasteiger partial charge in [0.2, 0.25) is 17.7 Å². The van der Waals surface area contributed by atoms with Gasteiger partial charge in [0.1, 0.15) is 6.04 Å². The van der Waals surface area contributed by atoms with Crippen LogP contribution in [0.4, 0.5) is 11.4 Å². The predicted octanol–water partition coefficient (Wildman–Crippen LogP) is 2.10. The summed E-state index contributed by atoms with van der Waals surface area (Å²) in [6, 6.07) is 7.27. The standard InChI is InChI=1S/C23H34N4O4/c1-3-22(29)27-12-6-5-7-20(27)23(30)25(4-2)17-21(28)24-18-8-10-19(11-9-18)26-13-15-31-16-14-26/h8-11,20H,3-7,12-17H2,1-2H3,(H,24,28). The number of likely N-dealkylation sites (tertiary alicyclic amines) is 1. The molecule has 0 bridgehead atoms. The van der Waals surface area contributed by atoms with Crippen molar-refractivity contribution in [2.75, 3.05) is 56.2 Å². The molecule has 31 heavy (non-hydrogen) atoms. The Morgan fingerprint density at radius 3 is 2.42 bits per heavy atom. The average Bonchev–Trinajstić information content (AvgIpc) is 2.82. The van der Waals surface area contributed by atoms with Gasteiger partial charge in [-0.05, 0) is 50.5 Å². The van der Waals surface area contributed by atoms with Gasteiger partial charge in [0, 0.05) is 44.0 Å². The predicted molar refractivity (Wildman–Crippen MR) is 120 cm³/mol. The lowest BCUT2D eigenvalue weighted by Gasteiger charge is -2.37. The summed E-state index contributed by atoms with van der Waals surface area (Å²) in [6.07, 6.45) is 2.88. The van der Waals surface area contributed by atoms with Crippen molar-refractivity contribution in [1.82, 2.24) is 9.80 Å². The van der Waals surface area contributed by atoms with Crippen molar-refractivity contribution in [3.05, 3.63) is 24.3 Å². The van der Waals surface area contributed by atoms with Crippen LogP contribution in [0.2, 0.25) is 0 Å². The fourth-order valence-corrected chi connectivity index (χ4v) is 4.20. The zero-order chi connectivity index (χ0) is 22.2. The third-order valence-electron chi connectivity index (χ3n) is 5.97. The SMILES string of the molecule is CCC(=O)N1CCCCC1C(=O)N(CC)CC(=O)Nc1ccc(N2CCOCC2)cc1. The van der Waals surface area contributed by atoms with Crippen LogP contribution in [0.5, 0.6) is 0 Å². The van der Waals surface area contributed by atoms with E-state index in [9.17, 15) is 14.4 Å². The molecule has 0 radical (unpaired) electrons. The first-order chi connectivity index (χ1) is 15.0. The van der Waals surface area contributed by atoms with Crippen molar-refractivity contribution in [2.45, 2.75) is 45.6 Å². The highest BCUT2D eigenvalue weighted by Crippen LogP contribution is 2.21. The lowest BCUT2D eigenvalue weighted by molar-refractivity contribution is -0.148. The van der Waals surface area contributed by atoms with Gasteiger partial charge in [0.15, 0.2) is 0 Å². The van der Waals surface area contributed by atoms with Crippen LogP contribution in [0.15, 0.2) is 24.3 Å². The number of carbonyl (C=O) groups excluding carboxylic acids is 3. The van der Waals surface area contributed by atoms with Crippen molar-refractivity contribution < 1.29 is 19.1 Å². The molecule has 0 saturated carbocycles. The number of morpholine rings is 1. The molecule has 0 spiro atoms. The van der Waals surface area contributed by atoms with E-state index in [0.717, 1.165) is 44.8 Å². The van der Waals surface area contributed by atoms with Crippen LogP contribution < -0.4 is 10.2 Å². The zero-order valence-electron chi connectivity index (χ0n) is 18.6. The Labute approximate surface area is 184 Å². The molecule has 1 unspecified atom stereocenters. The molecule has 170 valence electrons. The maximum atomic E-state index is 13.1. The summed E-state index contributed by atoms with van der Waals surface area (Å²) < 4.78 is 5.38. The molecule has 2 fully saturated rings. The maximum Gasteiger partial charge on any atom is 0.245 e. The van der Waals surface area contributed by atoms with E-state index in [0.29, 0.717) is 31.6 Å². The molecule has 2 heterocycles. The molecule has 2 saturated heterocycles. The first-order valence-corrected chi connectivity index (χ1v) is 11.3. The van der Waals surface area contributed by atoms with Crippen LogP contribution in [0.3, 0.4) is 0 Å². The van der Waals surface area contributed by atoms with Gasteiger partial charge in [-0.1, -0.05) is 6.92 Å². The van der Waals surface area contributed by atoms with Gasteiger partial charge >= 0.3 is 0 Å². The van der Waals surface area contributed by atoms with Gasteiger partial charge in [-0.2, -0.15) is 0 Å². The number of ether oxygens (including phenoxy) is 1. The Kier molecular flexibility index (Phi) is 8.28. The first-order valence-electron chi connectivity index (χ1n) is 11.3. The summed E-state index contributed by atoms with van der Waals surface area (Å²) in [5, 5.41) is 2.88. The molecule has 1 N–H and O–H groups in total. The normalized spacial score (nSPS) is 19.1. The number of benzene rings is 1. The number of nitrogens with zero attached hydrogens (tertiary/aromatic N) is 3. The van der Waals surface area contributed by atoms with E-state index in [4.69, 9.17) is 4.74 Å². The number of piperidine rings is 1. The Morgan fingerprint density at radius 1 is 1.06 bits per heavy atom. The fraction of sp³-hybridized carbons (Fsp3) is 0.609. The van der Waals surface area contributed by atoms with Crippen LogP contribution in [-0.4, -0.2) is 79.5 Å². The third kappa shape index (κ3) is 5.97. The number of hydrogen-bond acceptors (Lipinski definition) is 5. The maximum absolute atomic E-state index is 13.1. The topological polar surface area (TPSA) is 82.2 Å². The second-order valence-corrected chi connectivity index (χ2v) is 8.00. The minimum absolute atomic E-state index is 0.00101. The van der Waals surface area contributed by atoms with E-state index in [1.165, 1.54) is 0 Å². The Morgan fingerprint density at radius 2 is 1.77 bits per heavy atom. The second-order valence-electron chi connectivity index (χ2n) is 8.00. The monoisotopic (exact) mass is 430 g/mol. The number of hydrogen-bond donors (Lipinski definition) is 1. The van der Waals surface area contributed by atoms with Gasteiger partial charge in [0.25, 0.3) is 0 Å². The molecular formula is C23H34N4O4. The van der Waals surface area contributed by atoms with Gasteiger partial charge < -0.3 is 24.8 Å². The zero-order valence-corrected chi connectivity index (χ0v) is 18.6.